The molecule has 92 valence electrons. The first kappa shape index (κ1) is 11.9. The third-order valence-corrected chi connectivity index (χ3v) is 3.52. The number of nitrogens with zero attached hydrogens (tertiary/aromatic N) is 1. The van der Waals surface area contributed by atoms with E-state index in [4.69, 9.17) is 0 Å². The lowest BCUT2D eigenvalue weighted by atomic mass is 10.1. The van der Waals surface area contributed by atoms with E-state index in [9.17, 15) is 4.79 Å². The van der Waals surface area contributed by atoms with Crippen LogP contribution in [0.5, 0.6) is 0 Å². The maximum absolute atomic E-state index is 11.7. The Hall–Kier alpha value is -0.610. The zero-order valence-corrected chi connectivity index (χ0v) is 10.3. The summed E-state index contributed by atoms with van der Waals surface area (Å²) in [5.74, 6) is 0.870. The Balaban J connectivity index is 1.62. The average Bonchev–Trinajstić information content (AvgIpc) is 2.96. The molecule has 2 unspecified atom stereocenters. The van der Waals surface area contributed by atoms with Crippen LogP contribution in [0.25, 0.3) is 0 Å². The van der Waals surface area contributed by atoms with Gasteiger partial charge in [0.25, 0.3) is 0 Å². The molecule has 1 heterocycles. The fraction of sp³-hybridized carbons (Fsp3) is 0.917. The van der Waals surface area contributed by atoms with Gasteiger partial charge in [-0.15, -0.1) is 0 Å². The minimum absolute atomic E-state index is 0.0495. The molecule has 4 heteroatoms. The quantitative estimate of drug-likeness (QED) is 0.702. The summed E-state index contributed by atoms with van der Waals surface area (Å²) in [4.78, 5) is 14.0. The number of hydrogen-bond acceptors (Lipinski definition) is 3. The molecule has 1 saturated carbocycles. The van der Waals surface area contributed by atoms with E-state index in [1.165, 1.54) is 13.0 Å². The Bertz CT molecular complexity index is 253. The molecule has 0 bridgehead atoms. The lowest BCUT2D eigenvalue weighted by Crippen LogP contribution is -2.44. The molecule has 0 aromatic carbocycles. The number of carbonyl (C=O) groups excluding carboxylic acids is 1. The second-order valence-electron chi connectivity index (χ2n) is 5.33. The van der Waals surface area contributed by atoms with Gasteiger partial charge in [0.2, 0.25) is 5.91 Å². The van der Waals surface area contributed by atoms with Crippen LogP contribution in [0.1, 0.15) is 26.2 Å². The fourth-order valence-electron chi connectivity index (χ4n) is 2.18. The average molecular weight is 225 g/mol. The largest absolute Gasteiger partial charge is 0.352 e. The molecule has 1 aliphatic heterocycles. The fourth-order valence-corrected chi connectivity index (χ4v) is 2.18. The van der Waals surface area contributed by atoms with Crippen LogP contribution in [0.2, 0.25) is 0 Å². The monoisotopic (exact) mass is 225 g/mol. The zero-order valence-electron chi connectivity index (χ0n) is 10.3. The second-order valence-corrected chi connectivity index (χ2v) is 5.33. The summed E-state index contributed by atoms with van der Waals surface area (Å²) in [5.41, 5.74) is 0. The lowest BCUT2D eigenvalue weighted by molar-refractivity contribution is -0.122. The van der Waals surface area contributed by atoms with Gasteiger partial charge in [-0.25, -0.2) is 0 Å². The van der Waals surface area contributed by atoms with Crippen molar-refractivity contribution in [1.82, 2.24) is 15.5 Å². The van der Waals surface area contributed by atoms with Crippen LogP contribution in [0, 0.1) is 5.92 Å². The van der Waals surface area contributed by atoms with Crippen LogP contribution >= 0.6 is 0 Å². The van der Waals surface area contributed by atoms with E-state index in [-0.39, 0.29) is 11.9 Å². The van der Waals surface area contributed by atoms with E-state index in [1.54, 1.807) is 0 Å². The highest BCUT2D eigenvalue weighted by atomic mass is 16.2. The van der Waals surface area contributed by atoms with Crippen LogP contribution < -0.4 is 10.6 Å². The van der Waals surface area contributed by atoms with Crippen LogP contribution in [-0.2, 0) is 4.79 Å². The van der Waals surface area contributed by atoms with E-state index in [0.717, 1.165) is 25.9 Å². The van der Waals surface area contributed by atoms with Crippen LogP contribution in [0.15, 0.2) is 0 Å². The molecule has 2 aliphatic rings. The number of likely N-dealkylation sites (tertiary alicyclic amines) is 1. The first-order valence-corrected chi connectivity index (χ1v) is 6.37. The van der Waals surface area contributed by atoms with Crippen molar-refractivity contribution < 1.29 is 4.79 Å². The van der Waals surface area contributed by atoms with Gasteiger partial charge in [-0.3, -0.25) is 4.79 Å². The summed E-state index contributed by atoms with van der Waals surface area (Å²) < 4.78 is 0. The molecule has 1 saturated heterocycles. The number of hydrogen-bond donors (Lipinski definition) is 2. The molecule has 4 nitrogen and oxygen atoms in total. The van der Waals surface area contributed by atoms with Gasteiger partial charge in [0.1, 0.15) is 0 Å². The third-order valence-electron chi connectivity index (χ3n) is 3.52. The van der Waals surface area contributed by atoms with Gasteiger partial charge < -0.3 is 15.5 Å². The molecule has 2 atom stereocenters. The first-order valence-electron chi connectivity index (χ1n) is 6.37. The molecule has 2 N–H and O–H groups in total. The number of rotatable bonds is 5. The lowest BCUT2D eigenvalue weighted by Gasteiger charge is -2.17. The van der Waals surface area contributed by atoms with Gasteiger partial charge in [-0.2, -0.15) is 0 Å². The molecule has 16 heavy (non-hydrogen) atoms. The first-order chi connectivity index (χ1) is 7.65. The summed E-state index contributed by atoms with van der Waals surface area (Å²) in [7, 11) is 2.16. The number of carbonyl (C=O) groups is 1. The Kier molecular flexibility index (Phi) is 3.82. The maximum atomic E-state index is 11.7. The Morgan fingerprint density at radius 1 is 1.44 bits per heavy atom. The predicted octanol–water partition coefficient (Wildman–Crippen LogP) is 0.195. The second kappa shape index (κ2) is 5.15. The topological polar surface area (TPSA) is 44.4 Å². The summed E-state index contributed by atoms with van der Waals surface area (Å²) in [6.45, 7) is 5.26. The molecular weight excluding hydrogens is 202 g/mol. The van der Waals surface area contributed by atoms with E-state index >= 15 is 0 Å². The number of nitrogens with one attached hydrogen (secondary N) is 2. The van der Waals surface area contributed by atoms with Gasteiger partial charge in [-0.05, 0) is 52.2 Å². The smallest absolute Gasteiger partial charge is 0.237 e. The highest BCUT2D eigenvalue weighted by Crippen LogP contribution is 2.18. The standard InChI is InChI=1S/C12H23N3O/c1-9(12(16)14-11-3-4-11)13-7-10-5-6-15(2)8-10/h9-11,13H,3-8H2,1-2H3,(H,14,16). The molecule has 0 radical (unpaired) electrons. The van der Waals surface area contributed by atoms with Gasteiger partial charge >= 0.3 is 0 Å². The minimum atomic E-state index is -0.0495. The van der Waals surface area contributed by atoms with Crippen LogP contribution in [0.3, 0.4) is 0 Å². The molecule has 1 amide bonds. The van der Waals surface area contributed by atoms with Crippen molar-refractivity contribution in [3.63, 3.8) is 0 Å². The Labute approximate surface area is 97.8 Å². The van der Waals surface area contributed by atoms with E-state index in [1.807, 2.05) is 6.92 Å². The van der Waals surface area contributed by atoms with Crippen molar-refractivity contribution in [2.75, 3.05) is 26.7 Å². The van der Waals surface area contributed by atoms with E-state index in [2.05, 4.69) is 22.6 Å². The SMILES string of the molecule is CC(NCC1CCN(C)C1)C(=O)NC1CC1. The normalized spacial score (nSPS) is 28.0. The molecule has 0 aromatic rings. The van der Waals surface area contributed by atoms with Crippen molar-refractivity contribution >= 4 is 5.91 Å². The summed E-state index contributed by atoms with van der Waals surface area (Å²) in [6, 6.07) is 0.417. The highest BCUT2D eigenvalue weighted by Gasteiger charge is 2.26. The Morgan fingerprint density at radius 3 is 2.75 bits per heavy atom. The molecule has 2 rings (SSSR count). The molecular formula is C12H23N3O. The van der Waals surface area contributed by atoms with Crippen molar-refractivity contribution in [1.29, 1.82) is 0 Å². The van der Waals surface area contributed by atoms with Crippen molar-refractivity contribution in [3.8, 4) is 0 Å². The zero-order chi connectivity index (χ0) is 11.5. The van der Waals surface area contributed by atoms with Gasteiger partial charge in [-0.1, -0.05) is 0 Å². The summed E-state index contributed by atoms with van der Waals surface area (Å²) in [6.07, 6.45) is 3.57. The van der Waals surface area contributed by atoms with Gasteiger partial charge in [0.05, 0.1) is 6.04 Å². The van der Waals surface area contributed by atoms with Crippen molar-refractivity contribution in [3.05, 3.63) is 0 Å². The highest BCUT2D eigenvalue weighted by molar-refractivity contribution is 5.81. The van der Waals surface area contributed by atoms with Crippen LogP contribution in [0.4, 0.5) is 0 Å². The minimum Gasteiger partial charge on any atom is -0.352 e. The predicted molar refractivity (Wildman–Crippen MR) is 64.2 cm³/mol. The maximum Gasteiger partial charge on any atom is 0.237 e. The molecule has 2 fully saturated rings. The third kappa shape index (κ3) is 3.46. The molecule has 0 aromatic heterocycles. The van der Waals surface area contributed by atoms with E-state index in [0.29, 0.717) is 12.0 Å². The van der Waals surface area contributed by atoms with E-state index < -0.39 is 0 Å². The van der Waals surface area contributed by atoms with Crippen LogP contribution in [-0.4, -0.2) is 49.6 Å². The molecule has 1 aliphatic carbocycles. The van der Waals surface area contributed by atoms with Crippen molar-refractivity contribution in [2.24, 2.45) is 5.92 Å². The van der Waals surface area contributed by atoms with Crippen molar-refractivity contribution in [2.45, 2.75) is 38.3 Å². The molecule has 0 spiro atoms. The number of amides is 1. The summed E-state index contributed by atoms with van der Waals surface area (Å²) >= 11 is 0. The Morgan fingerprint density at radius 2 is 2.19 bits per heavy atom. The van der Waals surface area contributed by atoms with Gasteiger partial charge in [0, 0.05) is 12.6 Å². The van der Waals surface area contributed by atoms with Gasteiger partial charge in [0.15, 0.2) is 0 Å². The summed E-state index contributed by atoms with van der Waals surface area (Å²) in [5, 5.41) is 6.37.